The van der Waals surface area contributed by atoms with Crippen LogP contribution < -0.4 is 4.90 Å². The lowest BCUT2D eigenvalue weighted by atomic mass is 9.88. The number of halogens is 3. The quantitative estimate of drug-likeness (QED) is 0.757. The molecule has 1 aromatic carbocycles. The predicted molar refractivity (Wildman–Crippen MR) is 102 cm³/mol. The molecule has 1 aliphatic carbocycles. The highest BCUT2D eigenvalue weighted by Gasteiger charge is 2.35. The van der Waals surface area contributed by atoms with Crippen LogP contribution in [0, 0.1) is 5.92 Å². The van der Waals surface area contributed by atoms with Crippen LogP contribution in [0.2, 0.25) is 0 Å². The summed E-state index contributed by atoms with van der Waals surface area (Å²) in [5.41, 5.74) is 0.0117. The zero-order valence-corrected chi connectivity index (χ0v) is 15.7. The van der Waals surface area contributed by atoms with Crippen molar-refractivity contribution < 1.29 is 18.0 Å². The number of hydrogen-bond donors (Lipinski definition) is 0. The Balaban J connectivity index is 1.54. The lowest BCUT2D eigenvalue weighted by molar-refractivity contribution is -0.141. The maximum Gasteiger partial charge on any atom is 0.433 e. The second-order valence-corrected chi connectivity index (χ2v) is 7.69. The number of anilines is 1. The van der Waals surface area contributed by atoms with Gasteiger partial charge in [-0.2, -0.15) is 13.2 Å². The summed E-state index contributed by atoms with van der Waals surface area (Å²) in [5, 5.41) is 0.711. The molecule has 1 amide bonds. The summed E-state index contributed by atoms with van der Waals surface area (Å²) in [6.07, 6.45) is 0.858. The van der Waals surface area contributed by atoms with Crippen molar-refractivity contribution in [2.45, 2.75) is 38.3 Å². The molecule has 0 radical (unpaired) electrons. The number of alkyl halides is 3. The molecular formula is C21H24F3N3O. The molecule has 2 fully saturated rings. The van der Waals surface area contributed by atoms with Gasteiger partial charge in [-0.25, -0.2) is 4.98 Å². The van der Waals surface area contributed by atoms with Gasteiger partial charge in [-0.1, -0.05) is 37.5 Å². The molecule has 0 unspecified atom stereocenters. The normalized spacial score (nSPS) is 19.2. The van der Waals surface area contributed by atoms with Crippen LogP contribution >= 0.6 is 0 Å². The van der Waals surface area contributed by atoms with Gasteiger partial charge in [0.05, 0.1) is 5.52 Å². The Labute approximate surface area is 162 Å². The van der Waals surface area contributed by atoms with Crippen LogP contribution in [0.25, 0.3) is 10.9 Å². The average molecular weight is 391 g/mol. The van der Waals surface area contributed by atoms with E-state index in [0.29, 0.717) is 42.8 Å². The molecular weight excluding hydrogens is 367 g/mol. The van der Waals surface area contributed by atoms with Gasteiger partial charge in [-0.15, -0.1) is 0 Å². The van der Waals surface area contributed by atoms with Crippen LogP contribution in [0.5, 0.6) is 0 Å². The monoisotopic (exact) mass is 391 g/mol. The molecule has 2 heterocycles. The van der Waals surface area contributed by atoms with Crippen LogP contribution in [0.15, 0.2) is 30.3 Å². The number of para-hydroxylation sites is 1. The molecule has 0 N–H and O–H groups in total. The van der Waals surface area contributed by atoms with Crippen LogP contribution in [-0.4, -0.2) is 42.0 Å². The van der Waals surface area contributed by atoms with Crippen LogP contribution in [0.3, 0.4) is 0 Å². The highest BCUT2D eigenvalue weighted by atomic mass is 19.4. The number of fused-ring (bicyclic) bond motifs is 1. The van der Waals surface area contributed by atoms with Crippen LogP contribution in [0.4, 0.5) is 18.9 Å². The number of rotatable bonds is 2. The van der Waals surface area contributed by atoms with Crippen molar-refractivity contribution in [3.63, 3.8) is 0 Å². The lowest BCUT2D eigenvalue weighted by Crippen LogP contribution is -2.50. The number of benzene rings is 1. The number of nitrogens with zero attached hydrogens (tertiary/aromatic N) is 3. The van der Waals surface area contributed by atoms with E-state index in [9.17, 15) is 18.0 Å². The Bertz CT molecular complexity index is 854. The summed E-state index contributed by atoms with van der Waals surface area (Å²) in [7, 11) is 0. The Hall–Kier alpha value is -2.31. The third-order valence-corrected chi connectivity index (χ3v) is 5.87. The molecule has 2 aliphatic rings. The van der Waals surface area contributed by atoms with E-state index in [2.05, 4.69) is 4.98 Å². The van der Waals surface area contributed by atoms with Crippen molar-refractivity contribution in [1.29, 1.82) is 0 Å². The molecule has 4 nitrogen and oxygen atoms in total. The number of hydrogen-bond acceptors (Lipinski definition) is 3. The zero-order chi connectivity index (χ0) is 19.7. The SMILES string of the molecule is O=C(C1CCCCC1)N1CCN(c2cc(C(F)(F)F)nc3ccccc23)CC1. The highest BCUT2D eigenvalue weighted by Crippen LogP contribution is 2.35. The highest BCUT2D eigenvalue weighted by molar-refractivity contribution is 5.92. The molecule has 0 spiro atoms. The van der Waals surface area contributed by atoms with Crippen molar-refractivity contribution in [3.8, 4) is 0 Å². The smallest absolute Gasteiger partial charge is 0.367 e. The van der Waals surface area contributed by atoms with Crippen LogP contribution in [-0.2, 0) is 11.0 Å². The van der Waals surface area contributed by atoms with E-state index in [-0.39, 0.29) is 11.8 Å². The summed E-state index contributed by atoms with van der Waals surface area (Å²) in [6.45, 7) is 2.16. The Kier molecular flexibility index (Phi) is 5.17. The molecule has 1 saturated carbocycles. The zero-order valence-electron chi connectivity index (χ0n) is 15.7. The largest absolute Gasteiger partial charge is 0.433 e. The van der Waals surface area contributed by atoms with Gasteiger partial charge in [-0.05, 0) is 25.0 Å². The Morgan fingerprint density at radius 2 is 1.68 bits per heavy atom. The first-order valence-electron chi connectivity index (χ1n) is 9.94. The Morgan fingerprint density at radius 3 is 2.36 bits per heavy atom. The molecule has 0 bridgehead atoms. The van der Waals surface area contributed by atoms with Crippen molar-refractivity contribution in [2.75, 3.05) is 31.1 Å². The van der Waals surface area contributed by atoms with E-state index in [1.54, 1.807) is 18.2 Å². The minimum atomic E-state index is -4.49. The van der Waals surface area contributed by atoms with Crippen LogP contribution in [0.1, 0.15) is 37.8 Å². The van der Waals surface area contributed by atoms with E-state index in [1.165, 1.54) is 6.42 Å². The summed E-state index contributed by atoms with van der Waals surface area (Å²) < 4.78 is 39.9. The fourth-order valence-corrected chi connectivity index (χ4v) is 4.34. The maximum absolute atomic E-state index is 13.3. The van der Waals surface area contributed by atoms with Gasteiger partial charge in [0.1, 0.15) is 5.69 Å². The van der Waals surface area contributed by atoms with Gasteiger partial charge < -0.3 is 9.80 Å². The van der Waals surface area contributed by atoms with E-state index in [1.807, 2.05) is 15.9 Å². The fraction of sp³-hybridized carbons (Fsp3) is 0.524. The topological polar surface area (TPSA) is 36.4 Å². The maximum atomic E-state index is 13.3. The van der Waals surface area contributed by atoms with E-state index < -0.39 is 11.9 Å². The second-order valence-electron chi connectivity index (χ2n) is 7.69. The molecule has 1 aliphatic heterocycles. The number of pyridine rings is 1. The summed E-state index contributed by atoms with van der Waals surface area (Å²) in [5.74, 6) is 0.341. The van der Waals surface area contributed by atoms with Gasteiger partial charge in [-0.3, -0.25) is 4.79 Å². The van der Waals surface area contributed by atoms with Gasteiger partial charge in [0.15, 0.2) is 0 Å². The van der Waals surface area contributed by atoms with Gasteiger partial charge in [0.25, 0.3) is 0 Å². The number of aromatic nitrogens is 1. The lowest BCUT2D eigenvalue weighted by Gasteiger charge is -2.38. The number of amides is 1. The van der Waals surface area contributed by atoms with E-state index in [0.717, 1.165) is 31.7 Å². The standard InChI is InChI=1S/C21H24F3N3O/c22-21(23,24)19-14-18(16-8-4-5-9-17(16)25-19)26-10-12-27(13-11-26)20(28)15-6-2-1-3-7-15/h4-5,8-9,14-15H,1-3,6-7,10-13H2. The summed E-state index contributed by atoms with van der Waals surface area (Å²) in [4.78, 5) is 20.4. The third kappa shape index (κ3) is 3.80. The molecule has 28 heavy (non-hydrogen) atoms. The van der Waals surface area contributed by atoms with Gasteiger partial charge >= 0.3 is 6.18 Å². The molecule has 4 rings (SSSR count). The third-order valence-electron chi connectivity index (χ3n) is 5.87. The van der Waals surface area contributed by atoms with Crippen molar-refractivity contribution in [1.82, 2.24) is 9.88 Å². The first-order valence-corrected chi connectivity index (χ1v) is 9.94. The van der Waals surface area contributed by atoms with Crippen molar-refractivity contribution in [2.24, 2.45) is 5.92 Å². The molecule has 1 saturated heterocycles. The molecule has 7 heteroatoms. The number of carbonyl (C=O) groups is 1. The first kappa shape index (κ1) is 19.0. The number of carbonyl (C=O) groups excluding carboxylic acids is 1. The second kappa shape index (κ2) is 7.60. The number of piperazine rings is 1. The van der Waals surface area contributed by atoms with Gasteiger partial charge in [0, 0.05) is 43.2 Å². The minimum absolute atomic E-state index is 0.124. The van der Waals surface area contributed by atoms with Gasteiger partial charge in [0.2, 0.25) is 5.91 Å². The van der Waals surface area contributed by atoms with Crippen molar-refractivity contribution in [3.05, 3.63) is 36.0 Å². The first-order chi connectivity index (χ1) is 13.4. The Morgan fingerprint density at radius 1 is 1.00 bits per heavy atom. The van der Waals surface area contributed by atoms with Crippen molar-refractivity contribution >= 4 is 22.5 Å². The fourth-order valence-electron chi connectivity index (χ4n) is 4.34. The molecule has 2 aromatic rings. The predicted octanol–water partition coefficient (Wildman–Crippen LogP) is 4.48. The molecule has 1 aromatic heterocycles. The van der Waals surface area contributed by atoms with E-state index >= 15 is 0 Å². The van der Waals surface area contributed by atoms with E-state index in [4.69, 9.17) is 0 Å². The summed E-state index contributed by atoms with van der Waals surface area (Å²) in [6, 6.07) is 8.05. The molecule has 0 atom stereocenters. The summed E-state index contributed by atoms with van der Waals surface area (Å²) >= 11 is 0. The minimum Gasteiger partial charge on any atom is -0.367 e. The molecule has 150 valence electrons. The average Bonchev–Trinajstić information content (AvgIpc) is 2.72.